The van der Waals surface area contributed by atoms with Gasteiger partial charge in [0.05, 0.1) is 19.3 Å². The third-order valence-electron chi connectivity index (χ3n) is 5.14. The summed E-state index contributed by atoms with van der Waals surface area (Å²) in [6, 6.07) is 8.10. The minimum atomic E-state index is -1.37. The van der Waals surface area contributed by atoms with Crippen molar-refractivity contribution in [2.45, 2.75) is 64.8 Å². The summed E-state index contributed by atoms with van der Waals surface area (Å²) in [7, 11) is -1.37. The first kappa shape index (κ1) is 18.7. The number of hydrogen-bond donors (Lipinski definition) is 0. The molecule has 3 aliphatic heterocycles. The Morgan fingerprint density at radius 3 is 2.28 bits per heavy atom. The van der Waals surface area contributed by atoms with Gasteiger partial charge in [-0.05, 0) is 37.6 Å². The van der Waals surface area contributed by atoms with E-state index in [0.29, 0.717) is 13.2 Å². The highest BCUT2D eigenvalue weighted by atomic mass is 28.3. The molecule has 1 unspecified atom stereocenters. The van der Waals surface area contributed by atoms with Crippen LogP contribution in [0.4, 0.5) is 0 Å². The van der Waals surface area contributed by atoms with E-state index < -0.39 is 14.0 Å². The second kappa shape index (κ2) is 6.89. The Morgan fingerprint density at radius 1 is 1.12 bits per heavy atom. The van der Waals surface area contributed by atoms with Gasteiger partial charge in [0.15, 0.2) is 0 Å². The van der Waals surface area contributed by atoms with E-state index in [-0.39, 0.29) is 11.5 Å². The van der Waals surface area contributed by atoms with Gasteiger partial charge in [0.25, 0.3) is 0 Å². The van der Waals surface area contributed by atoms with E-state index in [2.05, 4.69) is 45.0 Å². The molecule has 0 N–H and O–H groups in total. The number of ether oxygens (including phenoxy) is 3. The summed E-state index contributed by atoms with van der Waals surface area (Å²) in [5.41, 5.74) is 5.34. The van der Waals surface area contributed by atoms with Gasteiger partial charge in [-0.25, -0.2) is 0 Å². The van der Waals surface area contributed by atoms with Gasteiger partial charge in [-0.15, -0.1) is 5.54 Å². The summed E-state index contributed by atoms with van der Waals surface area (Å²) in [5.74, 6) is 2.24. The lowest BCUT2D eigenvalue weighted by atomic mass is 9.77. The smallest absolute Gasteiger partial charge is 0.312 e. The van der Waals surface area contributed by atoms with Gasteiger partial charge in [-0.1, -0.05) is 45.3 Å². The molecule has 136 valence electrons. The Bertz CT molecular complexity index is 655. The lowest BCUT2D eigenvalue weighted by Crippen LogP contribution is -2.62. The van der Waals surface area contributed by atoms with E-state index >= 15 is 0 Å². The van der Waals surface area contributed by atoms with E-state index in [1.807, 2.05) is 24.3 Å². The molecule has 3 nitrogen and oxygen atoms in total. The van der Waals surface area contributed by atoms with Crippen molar-refractivity contribution in [3.8, 4) is 11.5 Å². The van der Waals surface area contributed by atoms with Crippen LogP contribution in [0.3, 0.4) is 0 Å². The molecular formula is C21H30O3Si. The number of benzene rings is 1. The highest BCUT2D eigenvalue weighted by molar-refractivity contribution is 6.83. The van der Waals surface area contributed by atoms with Gasteiger partial charge in [0, 0.05) is 16.5 Å². The zero-order valence-electron chi connectivity index (χ0n) is 16.1. The van der Waals surface area contributed by atoms with Gasteiger partial charge in [0.1, 0.15) is 8.07 Å². The first-order valence-electron chi connectivity index (χ1n) is 9.38. The maximum atomic E-state index is 6.24. The van der Waals surface area contributed by atoms with Crippen LogP contribution in [0.1, 0.15) is 44.2 Å². The molecule has 0 radical (unpaired) electrons. The summed E-state index contributed by atoms with van der Waals surface area (Å²) in [6.45, 7) is 12.5. The van der Waals surface area contributed by atoms with Crippen molar-refractivity contribution < 1.29 is 14.2 Å². The number of hydrogen-bond acceptors (Lipinski definition) is 3. The molecule has 3 saturated heterocycles. The van der Waals surface area contributed by atoms with Gasteiger partial charge in [-0.3, -0.25) is 0 Å². The average molecular weight is 359 g/mol. The standard InChI is InChI=1S/C21H30O3Si/c1-6-7-13-20-15-22-21(23-16-20,24-17(20)2)19-10-8-18(9-11-19)12-14-25(3,4)5/h8-11,17H,6-7,13,15-16H2,1-5H3. The second-order valence-corrected chi connectivity index (χ2v) is 13.2. The summed E-state index contributed by atoms with van der Waals surface area (Å²) in [4.78, 5) is 0. The number of fused-ring (bicyclic) bond motifs is 3. The molecular weight excluding hydrogens is 328 g/mol. The summed E-state index contributed by atoms with van der Waals surface area (Å²) >= 11 is 0. The molecule has 3 aliphatic rings. The van der Waals surface area contributed by atoms with Crippen molar-refractivity contribution in [1.82, 2.24) is 0 Å². The highest BCUT2D eigenvalue weighted by Gasteiger charge is 2.57. The molecule has 4 heteroatoms. The van der Waals surface area contributed by atoms with Gasteiger partial charge in [0.2, 0.25) is 0 Å². The van der Waals surface area contributed by atoms with Crippen LogP contribution in [-0.4, -0.2) is 27.4 Å². The van der Waals surface area contributed by atoms with E-state index in [0.717, 1.165) is 17.5 Å². The fourth-order valence-electron chi connectivity index (χ4n) is 3.35. The van der Waals surface area contributed by atoms with Crippen LogP contribution < -0.4 is 0 Å². The molecule has 4 rings (SSSR count). The first-order valence-corrected chi connectivity index (χ1v) is 12.9. The SMILES string of the molecule is CCCCC12COC(c3ccc(C#C[Si](C)(C)C)cc3)(OC1)OC2C. The van der Waals surface area contributed by atoms with Crippen LogP contribution in [0.5, 0.6) is 0 Å². The molecule has 1 aromatic rings. The molecule has 0 spiro atoms. The van der Waals surface area contributed by atoms with Crippen LogP contribution in [-0.2, 0) is 20.2 Å². The van der Waals surface area contributed by atoms with Crippen LogP contribution in [0.25, 0.3) is 0 Å². The largest absolute Gasteiger partial charge is 0.323 e. The van der Waals surface area contributed by atoms with Crippen molar-refractivity contribution in [3.05, 3.63) is 35.4 Å². The topological polar surface area (TPSA) is 27.7 Å². The quantitative estimate of drug-likeness (QED) is 0.578. The second-order valence-electron chi connectivity index (χ2n) is 8.44. The number of unbranched alkanes of at least 4 members (excludes halogenated alkanes) is 1. The summed E-state index contributed by atoms with van der Waals surface area (Å²) in [6.07, 6.45) is 3.58. The Balaban J connectivity index is 1.76. The Morgan fingerprint density at radius 2 is 1.76 bits per heavy atom. The molecule has 1 atom stereocenters. The molecule has 0 aromatic heterocycles. The maximum Gasteiger partial charge on any atom is 0.312 e. The molecule has 3 heterocycles. The first-order chi connectivity index (χ1) is 11.8. The van der Waals surface area contributed by atoms with Crippen molar-refractivity contribution in [1.29, 1.82) is 0 Å². The minimum absolute atomic E-state index is 0.000509. The van der Waals surface area contributed by atoms with Crippen LogP contribution in [0.2, 0.25) is 19.6 Å². The molecule has 0 amide bonds. The van der Waals surface area contributed by atoms with Gasteiger partial charge >= 0.3 is 5.97 Å². The van der Waals surface area contributed by atoms with Crippen LogP contribution in [0, 0.1) is 16.9 Å². The number of rotatable bonds is 4. The third-order valence-corrected chi connectivity index (χ3v) is 6.02. The van der Waals surface area contributed by atoms with Gasteiger partial charge in [-0.2, -0.15) is 0 Å². The Hall–Kier alpha value is -1.12. The van der Waals surface area contributed by atoms with Crippen molar-refractivity contribution in [2.75, 3.05) is 13.2 Å². The molecule has 25 heavy (non-hydrogen) atoms. The molecule has 0 saturated carbocycles. The predicted octanol–water partition coefficient (Wildman–Crippen LogP) is 4.67. The lowest BCUT2D eigenvalue weighted by Gasteiger charge is -2.55. The fraction of sp³-hybridized carbons (Fsp3) is 0.619. The van der Waals surface area contributed by atoms with E-state index in [4.69, 9.17) is 14.2 Å². The minimum Gasteiger partial charge on any atom is -0.323 e. The van der Waals surface area contributed by atoms with Crippen LogP contribution in [0.15, 0.2) is 24.3 Å². The van der Waals surface area contributed by atoms with Gasteiger partial charge < -0.3 is 14.2 Å². The molecule has 3 fully saturated rings. The molecule has 1 aromatic carbocycles. The zero-order chi connectivity index (χ0) is 18.1. The predicted molar refractivity (Wildman–Crippen MR) is 103 cm³/mol. The Kier molecular flexibility index (Phi) is 5.14. The van der Waals surface area contributed by atoms with Crippen LogP contribution >= 0.6 is 0 Å². The Labute approximate surface area is 153 Å². The maximum absolute atomic E-state index is 6.24. The van der Waals surface area contributed by atoms with E-state index in [1.165, 1.54) is 12.8 Å². The van der Waals surface area contributed by atoms with E-state index in [9.17, 15) is 0 Å². The zero-order valence-corrected chi connectivity index (χ0v) is 17.1. The van der Waals surface area contributed by atoms with Crippen molar-refractivity contribution in [3.63, 3.8) is 0 Å². The summed E-state index contributed by atoms with van der Waals surface area (Å²) in [5, 5.41) is 0. The third kappa shape index (κ3) is 3.85. The molecule has 0 aliphatic carbocycles. The monoisotopic (exact) mass is 358 g/mol. The fourth-order valence-corrected chi connectivity index (χ4v) is 3.87. The average Bonchev–Trinajstić information content (AvgIpc) is 2.59. The van der Waals surface area contributed by atoms with Crippen molar-refractivity contribution >= 4 is 8.07 Å². The normalized spacial score (nSPS) is 31.5. The lowest BCUT2D eigenvalue weighted by molar-refractivity contribution is -0.498. The summed E-state index contributed by atoms with van der Waals surface area (Å²) < 4.78 is 18.4. The highest BCUT2D eigenvalue weighted by Crippen LogP contribution is 2.49. The van der Waals surface area contributed by atoms with Crippen molar-refractivity contribution in [2.24, 2.45) is 5.41 Å². The van der Waals surface area contributed by atoms with E-state index in [1.54, 1.807) is 0 Å². The molecule has 2 bridgehead atoms.